The number of carbonyl (C=O) groups is 1. The molecule has 0 bridgehead atoms. The first-order valence-electron chi connectivity index (χ1n) is 11.3. The molecule has 2 aromatic heterocycles. The quantitative estimate of drug-likeness (QED) is 0.708. The van der Waals surface area contributed by atoms with Gasteiger partial charge in [0.05, 0.1) is 32.0 Å². The Kier molecular flexibility index (Phi) is 6.31. The number of anilines is 2. The van der Waals surface area contributed by atoms with E-state index >= 15 is 0 Å². The Morgan fingerprint density at radius 3 is 2.79 bits per heavy atom. The van der Waals surface area contributed by atoms with E-state index in [0.29, 0.717) is 42.9 Å². The van der Waals surface area contributed by atoms with E-state index < -0.39 is 0 Å². The van der Waals surface area contributed by atoms with E-state index in [9.17, 15) is 4.79 Å². The van der Waals surface area contributed by atoms with E-state index in [4.69, 9.17) is 30.9 Å². The molecule has 2 fully saturated rings. The highest BCUT2D eigenvalue weighted by molar-refractivity contribution is 6.32. The zero-order valence-corrected chi connectivity index (χ0v) is 19.7. The van der Waals surface area contributed by atoms with E-state index in [1.165, 1.54) is 5.69 Å². The van der Waals surface area contributed by atoms with Gasteiger partial charge in [-0.15, -0.1) is 0 Å². The average Bonchev–Trinajstić information content (AvgIpc) is 3.20. The lowest BCUT2D eigenvalue weighted by atomic mass is 10.0. The van der Waals surface area contributed by atoms with Crippen molar-refractivity contribution in [2.45, 2.75) is 38.0 Å². The van der Waals surface area contributed by atoms with Gasteiger partial charge in [0, 0.05) is 57.6 Å². The van der Waals surface area contributed by atoms with Crippen LogP contribution in [0.3, 0.4) is 0 Å². The van der Waals surface area contributed by atoms with Crippen LogP contribution in [0.2, 0.25) is 5.02 Å². The average molecular weight is 477 g/mol. The highest BCUT2D eigenvalue weighted by atomic mass is 35.5. The lowest BCUT2D eigenvalue weighted by molar-refractivity contribution is -0.0796. The van der Waals surface area contributed by atoms with Crippen molar-refractivity contribution in [1.82, 2.24) is 25.0 Å². The minimum absolute atomic E-state index is 0.00431. The lowest BCUT2D eigenvalue weighted by Crippen LogP contribution is -2.41. The molecule has 11 heteroatoms. The summed E-state index contributed by atoms with van der Waals surface area (Å²) in [5.74, 6) is 2.04. The highest BCUT2D eigenvalue weighted by Crippen LogP contribution is 2.37. The van der Waals surface area contributed by atoms with Crippen molar-refractivity contribution >= 4 is 29.3 Å². The van der Waals surface area contributed by atoms with E-state index in [-0.39, 0.29) is 18.2 Å². The first-order chi connectivity index (χ1) is 16.0. The van der Waals surface area contributed by atoms with Gasteiger partial charge >= 0.3 is 6.03 Å². The van der Waals surface area contributed by atoms with Crippen molar-refractivity contribution in [1.29, 1.82) is 0 Å². The van der Waals surface area contributed by atoms with Crippen LogP contribution in [0.1, 0.15) is 30.1 Å². The predicted molar refractivity (Wildman–Crippen MR) is 122 cm³/mol. The van der Waals surface area contributed by atoms with E-state index in [0.717, 1.165) is 43.9 Å². The number of aromatic nitrogens is 3. The van der Waals surface area contributed by atoms with Gasteiger partial charge in [-0.3, -0.25) is 4.68 Å². The largest absolute Gasteiger partial charge is 0.484 e. The summed E-state index contributed by atoms with van der Waals surface area (Å²) in [7, 11) is 3.59. The number of amides is 2. The number of hydrogen-bond donors (Lipinski definition) is 1. The topological polar surface area (TPSA) is 94.0 Å². The van der Waals surface area contributed by atoms with Crippen LogP contribution in [0.15, 0.2) is 12.3 Å². The Morgan fingerprint density at radius 2 is 2.09 bits per heavy atom. The lowest BCUT2D eigenvalue weighted by Gasteiger charge is -2.30. The molecular formula is C22H29ClN6O4. The minimum Gasteiger partial charge on any atom is -0.484 e. The van der Waals surface area contributed by atoms with Crippen LogP contribution in [0.25, 0.3) is 0 Å². The SMILES string of the molecule is CNC(=O)N1CCc2c(c(N(C)c3cc(OC4COC4)c(Cl)cn3)nn2C2CCOCC2)C1. The first-order valence-corrected chi connectivity index (χ1v) is 11.7. The molecule has 5 heterocycles. The van der Waals surface area contributed by atoms with Gasteiger partial charge in [-0.05, 0) is 12.8 Å². The van der Waals surface area contributed by atoms with Crippen LogP contribution in [-0.2, 0) is 22.4 Å². The Bertz CT molecular complexity index is 1020. The van der Waals surface area contributed by atoms with Gasteiger partial charge in [-0.2, -0.15) is 5.10 Å². The van der Waals surface area contributed by atoms with Crippen molar-refractivity contribution in [3.05, 3.63) is 28.5 Å². The maximum atomic E-state index is 12.4. The van der Waals surface area contributed by atoms with Crippen molar-refractivity contribution in [3.8, 4) is 5.75 Å². The second-order valence-corrected chi connectivity index (χ2v) is 8.98. The molecule has 10 nitrogen and oxygen atoms in total. The summed E-state index contributed by atoms with van der Waals surface area (Å²) >= 11 is 6.33. The Morgan fingerprint density at radius 1 is 1.30 bits per heavy atom. The second kappa shape index (κ2) is 9.36. The van der Waals surface area contributed by atoms with Gasteiger partial charge in [0.2, 0.25) is 0 Å². The fraction of sp³-hybridized carbons (Fsp3) is 0.591. The monoisotopic (exact) mass is 476 g/mol. The molecular weight excluding hydrogens is 448 g/mol. The second-order valence-electron chi connectivity index (χ2n) is 8.57. The van der Waals surface area contributed by atoms with Crippen LogP contribution in [-0.4, -0.2) is 78.9 Å². The van der Waals surface area contributed by atoms with Crippen LogP contribution < -0.4 is 15.0 Å². The first kappa shape index (κ1) is 22.2. The van der Waals surface area contributed by atoms with Crippen LogP contribution in [0, 0.1) is 0 Å². The van der Waals surface area contributed by atoms with Gasteiger partial charge in [-0.25, -0.2) is 9.78 Å². The summed E-state index contributed by atoms with van der Waals surface area (Å²) in [5.41, 5.74) is 2.23. The number of urea groups is 1. The number of pyridine rings is 1. The molecule has 1 N–H and O–H groups in total. The molecule has 0 saturated carbocycles. The number of halogens is 1. The molecule has 0 unspecified atom stereocenters. The van der Waals surface area contributed by atoms with Gasteiger partial charge in [0.25, 0.3) is 0 Å². The molecule has 3 aliphatic heterocycles. The van der Waals surface area contributed by atoms with Crippen molar-refractivity contribution in [3.63, 3.8) is 0 Å². The molecule has 0 aliphatic carbocycles. The predicted octanol–water partition coefficient (Wildman–Crippen LogP) is 2.53. The molecule has 5 rings (SSSR count). The molecule has 2 aromatic rings. The zero-order chi connectivity index (χ0) is 22.9. The number of carbonyl (C=O) groups excluding carboxylic acids is 1. The number of rotatable bonds is 5. The molecule has 0 spiro atoms. The number of hydrogen-bond acceptors (Lipinski definition) is 7. The molecule has 0 radical (unpaired) electrons. The standard InChI is InChI=1S/C22H29ClN6O4/c1-24-22(30)28-6-3-18-16(11-28)21(26-29(18)14-4-7-31-8-5-14)27(2)20-9-19(17(23)10-25-20)33-15-12-32-13-15/h9-10,14-15H,3-8,11-13H2,1-2H3,(H,24,30). The Hall–Kier alpha value is -2.56. The summed E-state index contributed by atoms with van der Waals surface area (Å²) in [5, 5.41) is 8.24. The van der Waals surface area contributed by atoms with Crippen molar-refractivity contribution < 1.29 is 19.0 Å². The van der Waals surface area contributed by atoms with Crippen LogP contribution >= 0.6 is 11.6 Å². The number of nitrogens with one attached hydrogen (secondary N) is 1. The fourth-order valence-electron chi connectivity index (χ4n) is 4.51. The van der Waals surface area contributed by atoms with Crippen molar-refractivity contribution in [2.75, 3.05) is 52.0 Å². The normalized spacial score (nSPS) is 19.1. The summed E-state index contributed by atoms with van der Waals surface area (Å²) in [6.45, 7) is 3.74. The van der Waals surface area contributed by atoms with Gasteiger partial charge in [-0.1, -0.05) is 11.6 Å². The van der Waals surface area contributed by atoms with E-state index in [1.807, 2.05) is 22.9 Å². The maximum absolute atomic E-state index is 12.4. The van der Waals surface area contributed by atoms with Gasteiger partial charge < -0.3 is 29.3 Å². The highest BCUT2D eigenvalue weighted by Gasteiger charge is 2.32. The summed E-state index contributed by atoms with van der Waals surface area (Å²) in [6, 6.07) is 2.04. The fourth-order valence-corrected chi connectivity index (χ4v) is 4.66. The molecule has 33 heavy (non-hydrogen) atoms. The van der Waals surface area contributed by atoms with Gasteiger partial charge in [0.1, 0.15) is 22.7 Å². The van der Waals surface area contributed by atoms with E-state index in [1.54, 1.807) is 13.2 Å². The molecule has 3 aliphatic rings. The Balaban J connectivity index is 1.49. The zero-order valence-electron chi connectivity index (χ0n) is 18.9. The summed E-state index contributed by atoms with van der Waals surface area (Å²) in [6.07, 6.45) is 4.21. The number of fused-ring (bicyclic) bond motifs is 1. The Labute approximate surface area is 197 Å². The summed E-state index contributed by atoms with van der Waals surface area (Å²) in [4.78, 5) is 20.6. The molecule has 2 saturated heterocycles. The molecule has 0 atom stereocenters. The van der Waals surface area contributed by atoms with Gasteiger partial charge in [0.15, 0.2) is 5.82 Å². The minimum atomic E-state index is -0.0870. The molecule has 2 amide bonds. The third-order valence-corrected chi connectivity index (χ3v) is 6.75. The summed E-state index contributed by atoms with van der Waals surface area (Å²) < 4.78 is 18.9. The molecule has 178 valence electrons. The van der Waals surface area contributed by atoms with Crippen molar-refractivity contribution in [2.24, 2.45) is 0 Å². The third-order valence-electron chi connectivity index (χ3n) is 6.47. The van der Waals surface area contributed by atoms with Crippen LogP contribution in [0.5, 0.6) is 5.75 Å². The third kappa shape index (κ3) is 4.34. The smallest absolute Gasteiger partial charge is 0.317 e. The number of nitrogens with zero attached hydrogens (tertiary/aromatic N) is 5. The van der Waals surface area contributed by atoms with Crippen LogP contribution in [0.4, 0.5) is 16.4 Å². The van der Waals surface area contributed by atoms with E-state index in [2.05, 4.69) is 15.0 Å². The molecule has 0 aromatic carbocycles. The maximum Gasteiger partial charge on any atom is 0.317 e. The number of ether oxygens (including phenoxy) is 3.